The maximum Gasteiger partial charge on any atom is 0.264 e. The number of hydrogen-bond donors (Lipinski definition) is 1. The molecule has 4 aromatic rings. The van der Waals surface area contributed by atoms with Crippen LogP contribution in [0, 0.1) is 20.8 Å². The predicted molar refractivity (Wildman–Crippen MR) is 171 cm³/mol. The van der Waals surface area contributed by atoms with E-state index in [4.69, 9.17) is 0 Å². The molecular weight excluding hydrogens is 558 g/mol. The van der Waals surface area contributed by atoms with Crippen LogP contribution in [-0.4, -0.2) is 44.3 Å². The summed E-state index contributed by atoms with van der Waals surface area (Å²) in [7, 11) is -4.12. The van der Waals surface area contributed by atoms with Gasteiger partial charge < -0.3 is 10.2 Å². The maximum atomic E-state index is 14.4. The Morgan fingerprint density at radius 3 is 1.81 bits per heavy atom. The minimum Gasteiger partial charge on any atom is -0.355 e. The quantitative estimate of drug-likeness (QED) is 0.231. The van der Waals surface area contributed by atoms with Crippen molar-refractivity contribution >= 4 is 27.5 Å². The van der Waals surface area contributed by atoms with E-state index in [0.29, 0.717) is 12.2 Å². The van der Waals surface area contributed by atoms with Crippen molar-refractivity contribution in [2.45, 2.75) is 51.6 Å². The lowest BCUT2D eigenvalue weighted by Gasteiger charge is -2.34. The molecule has 7 nitrogen and oxygen atoms in total. The van der Waals surface area contributed by atoms with E-state index in [2.05, 4.69) is 5.32 Å². The van der Waals surface area contributed by atoms with Gasteiger partial charge in [-0.05, 0) is 63.1 Å². The lowest BCUT2D eigenvalue weighted by atomic mass is 10.0. The van der Waals surface area contributed by atoms with Gasteiger partial charge in [0.05, 0.1) is 10.6 Å². The molecule has 0 spiro atoms. The van der Waals surface area contributed by atoms with Crippen LogP contribution in [0.25, 0.3) is 0 Å². The minimum absolute atomic E-state index is 0.0844. The highest BCUT2D eigenvalue weighted by Crippen LogP contribution is 2.26. The Morgan fingerprint density at radius 2 is 1.26 bits per heavy atom. The number of anilines is 1. The molecule has 0 saturated carbocycles. The van der Waals surface area contributed by atoms with Crippen molar-refractivity contribution < 1.29 is 18.0 Å². The predicted octanol–water partition coefficient (Wildman–Crippen LogP) is 5.58. The second-order valence-electron chi connectivity index (χ2n) is 10.8. The Balaban J connectivity index is 1.78. The van der Waals surface area contributed by atoms with Crippen molar-refractivity contribution in [3.63, 3.8) is 0 Å². The first kappa shape index (κ1) is 31.5. The Morgan fingerprint density at radius 1 is 0.721 bits per heavy atom. The Labute approximate surface area is 255 Å². The number of nitrogens with one attached hydrogen (secondary N) is 1. The van der Waals surface area contributed by atoms with E-state index in [1.165, 1.54) is 4.90 Å². The van der Waals surface area contributed by atoms with Crippen LogP contribution in [-0.2, 0) is 32.6 Å². The maximum absolute atomic E-state index is 14.4. The van der Waals surface area contributed by atoms with Gasteiger partial charge in [0, 0.05) is 19.5 Å². The fraction of sp³-hybridized carbons (Fsp3) is 0.257. The van der Waals surface area contributed by atoms with Crippen molar-refractivity contribution in [1.82, 2.24) is 10.2 Å². The van der Waals surface area contributed by atoms with Gasteiger partial charge >= 0.3 is 0 Å². The van der Waals surface area contributed by atoms with Gasteiger partial charge in [-0.1, -0.05) is 95.6 Å². The Kier molecular flexibility index (Phi) is 10.4. The van der Waals surface area contributed by atoms with Gasteiger partial charge in [0.1, 0.15) is 12.6 Å². The fourth-order valence-corrected chi connectivity index (χ4v) is 6.23. The standard InChI is InChI=1S/C35H39N3O4S/c1-5-36-35(40)33(23-29-9-7-6-8-10-29)37(24-30-17-11-26(2)12-18-30)34(39)25-38(31-19-13-27(3)14-20-31)43(41,42)32-21-15-28(4)16-22-32/h6-22,33H,5,23-25H2,1-4H3,(H,36,40)/t33-/m1/s1. The number of rotatable bonds is 12. The first-order chi connectivity index (χ1) is 20.6. The Hall–Kier alpha value is -4.43. The second kappa shape index (κ2) is 14.2. The number of benzene rings is 4. The molecule has 0 aliphatic heterocycles. The molecule has 8 heteroatoms. The third kappa shape index (κ3) is 8.11. The molecule has 1 N–H and O–H groups in total. The van der Waals surface area contributed by atoms with E-state index in [-0.39, 0.29) is 23.8 Å². The number of carbonyl (C=O) groups excluding carboxylic acids is 2. The highest BCUT2D eigenvalue weighted by Gasteiger charge is 2.34. The van der Waals surface area contributed by atoms with E-state index < -0.39 is 28.5 Å². The molecule has 43 heavy (non-hydrogen) atoms. The molecule has 0 aliphatic carbocycles. The fourth-order valence-electron chi connectivity index (χ4n) is 4.81. The molecule has 2 amide bonds. The lowest BCUT2D eigenvalue weighted by Crippen LogP contribution is -2.53. The SMILES string of the molecule is CCNC(=O)[C@@H](Cc1ccccc1)N(Cc1ccc(C)cc1)C(=O)CN(c1ccc(C)cc1)S(=O)(=O)c1ccc(C)cc1. The van der Waals surface area contributed by atoms with Crippen molar-refractivity contribution in [3.8, 4) is 0 Å². The number of nitrogens with zero attached hydrogens (tertiary/aromatic N) is 2. The number of aryl methyl sites for hydroxylation is 3. The van der Waals surface area contributed by atoms with Crippen LogP contribution in [0.3, 0.4) is 0 Å². The topological polar surface area (TPSA) is 86.8 Å². The van der Waals surface area contributed by atoms with Gasteiger partial charge in [0.15, 0.2) is 0 Å². The number of carbonyl (C=O) groups is 2. The molecule has 0 bridgehead atoms. The molecule has 0 fully saturated rings. The summed E-state index contributed by atoms with van der Waals surface area (Å²) in [5.41, 5.74) is 5.05. The lowest BCUT2D eigenvalue weighted by molar-refractivity contribution is -0.140. The van der Waals surface area contributed by atoms with Crippen LogP contribution in [0.2, 0.25) is 0 Å². The Bertz CT molecular complexity index is 1620. The molecule has 0 aliphatic rings. The van der Waals surface area contributed by atoms with E-state index in [1.54, 1.807) is 36.4 Å². The monoisotopic (exact) mass is 597 g/mol. The van der Waals surface area contributed by atoms with Crippen molar-refractivity contribution in [3.05, 3.63) is 131 Å². The number of sulfonamides is 1. The third-order valence-corrected chi connectivity index (χ3v) is 9.09. The summed E-state index contributed by atoms with van der Waals surface area (Å²) < 4.78 is 29.2. The average molecular weight is 598 g/mol. The van der Waals surface area contributed by atoms with Gasteiger partial charge in [-0.15, -0.1) is 0 Å². The molecule has 0 saturated heterocycles. The molecule has 4 aromatic carbocycles. The van der Waals surface area contributed by atoms with Gasteiger partial charge in [-0.2, -0.15) is 0 Å². The van der Waals surface area contributed by atoms with E-state index in [9.17, 15) is 18.0 Å². The first-order valence-corrected chi connectivity index (χ1v) is 15.8. The summed E-state index contributed by atoms with van der Waals surface area (Å²) in [5, 5.41) is 2.88. The molecule has 0 radical (unpaired) electrons. The summed E-state index contributed by atoms with van der Waals surface area (Å²) in [6.07, 6.45) is 0.277. The minimum atomic E-state index is -4.12. The highest BCUT2D eigenvalue weighted by atomic mass is 32.2. The number of amides is 2. The van der Waals surface area contributed by atoms with Crippen LogP contribution in [0.5, 0.6) is 0 Å². The van der Waals surface area contributed by atoms with Crippen LogP contribution in [0.15, 0.2) is 108 Å². The first-order valence-electron chi connectivity index (χ1n) is 14.4. The highest BCUT2D eigenvalue weighted by molar-refractivity contribution is 7.92. The normalized spacial score (nSPS) is 11.9. The molecule has 0 heterocycles. The van der Waals surface area contributed by atoms with Gasteiger partial charge in [-0.3, -0.25) is 13.9 Å². The summed E-state index contributed by atoms with van der Waals surface area (Å²) in [6, 6.07) is 30.0. The van der Waals surface area contributed by atoms with E-state index in [0.717, 1.165) is 32.1 Å². The van der Waals surface area contributed by atoms with Crippen LogP contribution < -0.4 is 9.62 Å². The zero-order valence-corrected chi connectivity index (χ0v) is 26.0. The van der Waals surface area contributed by atoms with Crippen LogP contribution in [0.1, 0.15) is 34.7 Å². The van der Waals surface area contributed by atoms with Crippen molar-refractivity contribution in [1.29, 1.82) is 0 Å². The van der Waals surface area contributed by atoms with Gasteiger partial charge in [0.2, 0.25) is 11.8 Å². The molecule has 0 aromatic heterocycles. The summed E-state index contributed by atoms with van der Waals surface area (Å²) in [6.45, 7) is 7.67. The largest absolute Gasteiger partial charge is 0.355 e. The van der Waals surface area contributed by atoms with Crippen molar-refractivity contribution in [2.24, 2.45) is 0 Å². The zero-order valence-electron chi connectivity index (χ0n) is 25.2. The van der Waals surface area contributed by atoms with Gasteiger partial charge in [0.25, 0.3) is 10.0 Å². The van der Waals surface area contributed by atoms with Crippen LogP contribution >= 0.6 is 0 Å². The summed E-state index contributed by atoms with van der Waals surface area (Å²) in [4.78, 5) is 29.5. The molecular formula is C35H39N3O4S. The third-order valence-electron chi connectivity index (χ3n) is 7.31. The molecule has 0 unspecified atom stereocenters. The second-order valence-corrected chi connectivity index (χ2v) is 12.6. The molecule has 224 valence electrons. The number of hydrogen-bond acceptors (Lipinski definition) is 4. The molecule has 4 rings (SSSR count). The zero-order chi connectivity index (χ0) is 31.0. The van der Waals surface area contributed by atoms with E-state index >= 15 is 0 Å². The molecule has 1 atom stereocenters. The van der Waals surface area contributed by atoms with Crippen LogP contribution in [0.4, 0.5) is 5.69 Å². The number of likely N-dealkylation sites (N-methyl/N-ethyl adjacent to an activating group) is 1. The van der Waals surface area contributed by atoms with Gasteiger partial charge in [-0.25, -0.2) is 8.42 Å². The smallest absolute Gasteiger partial charge is 0.264 e. The summed E-state index contributed by atoms with van der Waals surface area (Å²) >= 11 is 0. The summed E-state index contributed by atoms with van der Waals surface area (Å²) in [5.74, 6) is -0.779. The average Bonchev–Trinajstić information content (AvgIpc) is 3.00. The van der Waals surface area contributed by atoms with E-state index in [1.807, 2.05) is 94.4 Å². The van der Waals surface area contributed by atoms with Crippen molar-refractivity contribution in [2.75, 3.05) is 17.4 Å².